The highest BCUT2D eigenvalue weighted by Gasteiger charge is 2.37. The van der Waals surface area contributed by atoms with Gasteiger partial charge in [-0.05, 0) is 57.0 Å². The van der Waals surface area contributed by atoms with Gasteiger partial charge in [0.15, 0.2) is 0 Å². The summed E-state index contributed by atoms with van der Waals surface area (Å²) in [7, 11) is 0. The number of ether oxygens (including phenoxy) is 1. The van der Waals surface area contributed by atoms with Gasteiger partial charge in [-0.3, -0.25) is 9.78 Å². The Bertz CT molecular complexity index is 1220. The van der Waals surface area contributed by atoms with Crippen molar-refractivity contribution in [1.82, 2.24) is 9.97 Å². The molecule has 0 unspecified atom stereocenters. The maximum atomic E-state index is 14.7. The Hall–Kier alpha value is -3.49. The number of rotatable bonds is 6. The van der Waals surface area contributed by atoms with Gasteiger partial charge < -0.3 is 10.1 Å². The van der Waals surface area contributed by atoms with Crippen LogP contribution in [-0.4, -0.2) is 27.9 Å². The number of amides is 1. The van der Waals surface area contributed by atoms with Crippen LogP contribution in [0.2, 0.25) is 0 Å². The summed E-state index contributed by atoms with van der Waals surface area (Å²) in [6.45, 7) is 3.65. The van der Waals surface area contributed by atoms with Crippen molar-refractivity contribution in [2.75, 3.05) is 5.32 Å². The molecular weight excluding hydrogens is 462 g/mol. The largest absolute Gasteiger partial charge is 0.475 e. The van der Waals surface area contributed by atoms with Crippen LogP contribution in [0, 0.1) is 11.6 Å². The molecule has 0 atom stereocenters. The van der Waals surface area contributed by atoms with Gasteiger partial charge in [0.1, 0.15) is 11.6 Å². The Morgan fingerprint density at radius 1 is 1.03 bits per heavy atom. The lowest BCUT2D eigenvalue weighted by molar-refractivity contribution is -0.0384. The van der Waals surface area contributed by atoms with E-state index in [9.17, 15) is 22.4 Å². The van der Waals surface area contributed by atoms with Crippen molar-refractivity contribution >= 4 is 11.6 Å². The molecular formula is C26H25F4N3O2. The first-order valence-electron chi connectivity index (χ1n) is 11.4. The summed E-state index contributed by atoms with van der Waals surface area (Å²) in [5, 5.41) is 2.78. The fourth-order valence-corrected chi connectivity index (χ4v) is 4.20. The number of hydrogen-bond donors (Lipinski definition) is 1. The van der Waals surface area contributed by atoms with Crippen LogP contribution in [0.3, 0.4) is 0 Å². The normalized spacial score (nSPS) is 15.7. The van der Waals surface area contributed by atoms with Crippen molar-refractivity contribution in [1.29, 1.82) is 0 Å². The van der Waals surface area contributed by atoms with Gasteiger partial charge in [-0.2, -0.15) is 0 Å². The van der Waals surface area contributed by atoms with Crippen LogP contribution in [0.25, 0.3) is 11.1 Å². The summed E-state index contributed by atoms with van der Waals surface area (Å²) < 4.78 is 61.9. The minimum Gasteiger partial charge on any atom is -0.475 e. The molecule has 0 radical (unpaired) electrons. The minimum absolute atomic E-state index is 0.0661. The molecule has 3 aromatic rings. The molecule has 35 heavy (non-hydrogen) atoms. The standard InChI is InChI=1S/C26H25F4N3O2/c1-15(2)35-22-13-17(7-11-31-22)25(34)33-24-19(20-14-18(27)3-4-21(20)28)8-12-32-23(24)16-5-9-26(29,30)10-6-16/h3-4,7-8,11-16H,5-6,9-10H2,1-2H3,(H,33,34). The van der Waals surface area contributed by atoms with E-state index in [1.165, 1.54) is 30.6 Å². The van der Waals surface area contributed by atoms with Crippen LogP contribution in [-0.2, 0) is 0 Å². The summed E-state index contributed by atoms with van der Waals surface area (Å²) in [6, 6.07) is 7.44. The van der Waals surface area contributed by atoms with Crippen molar-refractivity contribution in [3.8, 4) is 17.0 Å². The maximum absolute atomic E-state index is 14.7. The Morgan fingerprint density at radius 2 is 1.74 bits per heavy atom. The number of benzene rings is 1. The monoisotopic (exact) mass is 487 g/mol. The third kappa shape index (κ3) is 5.78. The first-order valence-corrected chi connectivity index (χ1v) is 11.4. The first-order chi connectivity index (χ1) is 16.6. The predicted molar refractivity (Wildman–Crippen MR) is 124 cm³/mol. The number of pyridine rings is 2. The quantitative estimate of drug-likeness (QED) is 0.391. The first kappa shape index (κ1) is 24.6. The van der Waals surface area contributed by atoms with E-state index in [0.29, 0.717) is 5.69 Å². The molecule has 1 N–H and O–H groups in total. The maximum Gasteiger partial charge on any atom is 0.255 e. The average Bonchev–Trinajstić information content (AvgIpc) is 2.81. The summed E-state index contributed by atoms with van der Waals surface area (Å²) in [4.78, 5) is 21.7. The van der Waals surface area contributed by atoms with E-state index < -0.39 is 23.5 Å². The molecule has 1 aliphatic rings. The molecule has 2 heterocycles. The van der Waals surface area contributed by atoms with Crippen LogP contribution in [0.4, 0.5) is 23.2 Å². The van der Waals surface area contributed by atoms with Gasteiger partial charge in [-0.25, -0.2) is 22.5 Å². The number of anilines is 1. The minimum atomic E-state index is -2.75. The molecule has 4 rings (SSSR count). The fourth-order valence-electron chi connectivity index (χ4n) is 4.20. The van der Waals surface area contributed by atoms with Crippen LogP contribution < -0.4 is 10.1 Å². The number of nitrogens with zero attached hydrogens (tertiary/aromatic N) is 2. The van der Waals surface area contributed by atoms with Crippen LogP contribution in [0.15, 0.2) is 48.8 Å². The molecule has 0 aliphatic heterocycles. The molecule has 1 aliphatic carbocycles. The van der Waals surface area contributed by atoms with Gasteiger partial charge in [-0.1, -0.05) is 0 Å². The predicted octanol–water partition coefficient (Wildman–Crippen LogP) is 6.75. The topological polar surface area (TPSA) is 64.1 Å². The average molecular weight is 487 g/mol. The second-order valence-electron chi connectivity index (χ2n) is 8.88. The van der Waals surface area contributed by atoms with Gasteiger partial charge >= 0.3 is 0 Å². The lowest BCUT2D eigenvalue weighted by Crippen LogP contribution is -2.25. The van der Waals surface area contributed by atoms with Crippen molar-refractivity contribution in [3.63, 3.8) is 0 Å². The number of alkyl halides is 2. The Morgan fingerprint density at radius 3 is 2.46 bits per heavy atom. The van der Waals surface area contributed by atoms with Crippen molar-refractivity contribution in [2.45, 2.75) is 57.5 Å². The van der Waals surface area contributed by atoms with E-state index in [-0.39, 0.29) is 66.0 Å². The van der Waals surface area contributed by atoms with Gasteiger partial charge in [0, 0.05) is 53.9 Å². The van der Waals surface area contributed by atoms with Crippen LogP contribution in [0.1, 0.15) is 61.5 Å². The lowest BCUT2D eigenvalue weighted by Gasteiger charge is -2.29. The molecule has 1 saturated carbocycles. The highest BCUT2D eigenvalue weighted by molar-refractivity contribution is 6.06. The molecule has 5 nitrogen and oxygen atoms in total. The van der Waals surface area contributed by atoms with E-state index >= 15 is 0 Å². The van der Waals surface area contributed by atoms with Crippen molar-refractivity contribution in [3.05, 3.63) is 71.7 Å². The molecule has 0 saturated heterocycles. The molecule has 0 bridgehead atoms. The smallest absolute Gasteiger partial charge is 0.255 e. The molecule has 1 fully saturated rings. The Kier molecular flexibility index (Phi) is 7.05. The zero-order valence-electron chi connectivity index (χ0n) is 19.3. The molecule has 1 aromatic carbocycles. The Balaban J connectivity index is 1.76. The zero-order valence-corrected chi connectivity index (χ0v) is 19.3. The Labute approximate surface area is 200 Å². The number of nitrogens with one attached hydrogen (secondary N) is 1. The number of hydrogen-bond acceptors (Lipinski definition) is 4. The van der Waals surface area contributed by atoms with E-state index in [4.69, 9.17) is 4.74 Å². The summed E-state index contributed by atoms with van der Waals surface area (Å²) in [6.07, 6.45) is 2.36. The summed E-state index contributed by atoms with van der Waals surface area (Å²) in [5.41, 5.74) is 0.906. The van der Waals surface area contributed by atoms with Crippen molar-refractivity contribution in [2.24, 2.45) is 0 Å². The van der Waals surface area contributed by atoms with E-state index in [1.54, 1.807) is 0 Å². The molecule has 0 spiro atoms. The molecule has 9 heteroatoms. The summed E-state index contributed by atoms with van der Waals surface area (Å²) in [5.74, 6) is -4.77. The number of carbonyl (C=O) groups excluding carboxylic acids is 1. The zero-order chi connectivity index (χ0) is 25.2. The van der Waals surface area contributed by atoms with Crippen molar-refractivity contribution < 1.29 is 27.1 Å². The number of halogens is 4. The van der Waals surface area contributed by atoms with E-state index in [2.05, 4.69) is 15.3 Å². The lowest BCUT2D eigenvalue weighted by atomic mass is 9.83. The molecule has 184 valence electrons. The number of carbonyl (C=O) groups is 1. The van der Waals surface area contributed by atoms with E-state index in [0.717, 1.165) is 18.2 Å². The van der Waals surface area contributed by atoms with Gasteiger partial charge in [-0.15, -0.1) is 0 Å². The van der Waals surface area contributed by atoms with Gasteiger partial charge in [0.05, 0.1) is 17.5 Å². The molecule has 2 aromatic heterocycles. The highest BCUT2D eigenvalue weighted by atomic mass is 19.3. The van der Waals surface area contributed by atoms with Crippen LogP contribution in [0.5, 0.6) is 5.88 Å². The number of aromatic nitrogens is 2. The molecule has 1 amide bonds. The highest BCUT2D eigenvalue weighted by Crippen LogP contribution is 2.44. The van der Waals surface area contributed by atoms with Gasteiger partial charge in [0.25, 0.3) is 5.91 Å². The second-order valence-corrected chi connectivity index (χ2v) is 8.88. The second kappa shape index (κ2) is 10.0. The van der Waals surface area contributed by atoms with Crippen LogP contribution >= 0.6 is 0 Å². The van der Waals surface area contributed by atoms with E-state index in [1.807, 2.05) is 13.8 Å². The third-order valence-corrected chi connectivity index (χ3v) is 5.89. The third-order valence-electron chi connectivity index (χ3n) is 5.89. The van der Waals surface area contributed by atoms with Gasteiger partial charge in [0.2, 0.25) is 11.8 Å². The summed E-state index contributed by atoms with van der Waals surface area (Å²) >= 11 is 0. The SMILES string of the molecule is CC(C)Oc1cc(C(=O)Nc2c(-c3cc(F)ccc3F)ccnc2C2CCC(F)(F)CC2)ccn1. The fraction of sp³-hybridized carbons (Fsp3) is 0.346.